The monoisotopic (exact) mass is 260 g/mol. The summed E-state index contributed by atoms with van der Waals surface area (Å²) >= 11 is 0. The van der Waals surface area contributed by atoms with Gasteiger partial charge in [-0.15, -0.1) is 0 Å². The standard InChI is InChI=1S/C11H20N2O3S/c1-3-12-7-9-17(14,15)13(4-2)10-11-6-5-8-16-11/h5-6,8,12H,3-4,7,9-10H2,1-2H3. The van der Waals surface area contributed by atoms with Crippen LogP contribution < -0.4 is 5.32 Å². The summed E-state index contributed by atoms with van der Waals surface area (Å²) in [7, 11) is -3.21. The molecule has 5 nitrogen and oxygen atoms in total. The molecule has 17 heavy (non-hydrogen) atoms. The summed E-state index contributed by atoms with van der Waals surface area (Å²) in [5, 5.41) is 3.01. The van der Waals surface area contributed by atoms with Crippen molar-refractivity contribution in [2.24, 2.45) is 0 Å². The third kappa shape index (κ3) is 4.49. The predicted octanol–water partition coefficient (Wildman–Crippen LogP) is 1.04. The molecule has 0 amide bonds. The second-order valence-corrected chi connectivity index (χ2v) is 5.76. The zero-order valence-corrected chi connectivity index (χ0v) is 11.2. The van der Waals surface area contributed by atoms with Crippen molar-refractivity contribution in [1.82, 2.24) is 9.62 Å². The quantitative estimate of drug-likeness (QED) is 0.709. The van der Waals surface area contributed by atoms with Gasteiger partial charge in [0.05, 0.1) is 18.6 Å². The van der Waals surface area contributed by atoms with Gasteiger partial charge in [-0.2, -0.15) is 4.31 Å². The van der Waals surface area contributed by atoms with Gasteiger partial charge in [0.15, 0.2) is 0 Å². The number of sulfonamides is 1. The molecule has 0 spiro atoms. The number of hydrogen-bond donors (Lipinski definition) is 1. The molecule has 0 saturated heterocycles. The first-order valence-electron chi connectivity index (χ1n) is 5.81. The van der Waals surface area contributed by atoms with E-state index in [0.29, 0.717) is 25.4 Å². The Bertz CT molecular complexity index is 400. The fourth-order valence-electron chi connectivity index (χ4n) is 1.49. The maximum Gasteiger partial charge on any atom is 0.215 e. The molecule has 1 N–H and O–H groups in total. The fourth-order valence-corrected chi connectivity index (χ4v) is 2.87. The van der Waals surface area contributed by atoms with E-state index in [9.17, 15) is 8.42 Å². The van der Waals surface area contributed by atoms with Crippen molar-refractivity contribution in [2.75, 3.05) is 25.4 Å². The molecular weight excluding hydrogens is 240 g/mol. The Kier molecular flexibility index (Phi) is 5.67. The van der Waals surface area contributed by atoms with Crippen LogP contribution in [0.2, 0.25) is 0 Å². The van der Waals surface area contributed by atoms with E-state index in [1.165, 1.54) is 4.31 Å². The van der Waals surface area contributed by atoms with Crippen LogP contribution in [0, 0.1) is 0 Å². The molecule has 0 fully saturated rings. The topological polar surface area (TPSA) is 62.6 Å². The van der Waals surface area contributed by atoms with E-state index >= 15 is 0 Å². The van der Waals surface area contributed by atoms with Crippen LogP contribution in [0.15, 0.2) is 22.8 Å². The Morgan fingerprint density at radius 1 is 1.41 bits per heavy atom. The molecule has 1 rings (SSSR count). The first-order chi connectivity index (χ1) is 8.10. The predicted molar refractivity (Wildman–Crippen MR) is 67.1 cm³/mol. The van der Waals surface area contributed by atoms with Gasteiger partial charge < -0.3 is 9.73 Å². The van der Waals surface area contributed by atoms with Crippen molar-refractivity contribution in [1.29, 1.82) is 0 Å². The minimum Gasteiger partial charge on any atom is -0.468 e. The maximum absolute atomic E-state index is 12.0. The fraction of sp³-hybridized carbons (Fsp3) is 0.636. The van der Waals surface area contributed by atoms with E-state index in [0.717, 1.165) is 6.54 Å². The summed E-state index contributed by atoms with van der Waals surface area (Å²) in [6.45, 7) is 5.79. The van der Waals surface area contributed by atoms with Gasteiger partial charge in [-0.25, -0.2) is 8.42 Å². The molecule has 0 bridgehead atoms. The van der Waals surface area contributed by atoms with Gasteiger partial charge in [0.25, 0.3) is 0 Å². The highest BCUT2D eigenvalue weighted by atomic mass is 32.2. The lowest BCUT2D eigenvalue weighted by atomic mass is 10.4. The second kappa shape index (κ2) is 6.78. The number of nitrogens with zero attached hydrogens (tertiary/aromatic N) is 1. The summed E-state index contributed by atoms with van der Waals surface area (Å²) in [6.07, 6.45) is 1.55. The molecule has 0 saturated carbocycles. The molecule has 0 aliphatic heterocycles. The lowest BCUT2D eigenvalue weighted by Crippen LogP contribution is -2.35. The van der Waals surface area contributed by atoms with Crippen LogP contribution in [0.5, 0.6) is 0 Å². The molecule has 98 valence electrons. The third-order valence-electron chi connectivity index (χ3n) is 2.45. The van der Waals surface area contributed by atoms with Crippen LogP contribution in [0.3, 0.4) is 0 Å². The zero-order valence-electron chi connectivity index (χ0n) is 10.3. The lowest BCUT2D eigenvalue weighted by Gasteiger charge is -2.19. The van der Waals surface area contributed by atoms with Crippen LogP contribution >= 0.6 is 0 Å². The molecule has 1 heterocycles. The normalized spacial score (nSPS) is 12.2. The molecule has 0 aliphatic carbocycles. The van der Waals surface area contributed by atoms with E-state index in [1.807, 2.05) is 13.8 Å². The van der Waals surface area contributed by atoms with Crippen LogP contribution in [-0.4, -0.2) is 38.1 Å². The summed E-state index contributed by atoms with van der Waals surface area (Å²) in [5.41, 5.74) is 0. The smallest absolute Gasteiger partial charge is 0.215 e. The number of nitrogens with one attached hydrogen (secondary N) is 1. The SMILES string of the molecule is CCNCCS(=O)(=O)N(CC)Cc1ccco1. The number of rotatable bonds is 8. The maximum atomic E-state index is 12.0. The molecule has 0 radical (unpaired) electrons. The van der Waals surface area contributed by atoms with E-state index in [-0.39, 0.29) is 5.75 Å². The van der Waals surface area contributed by atoms with Gasteiger partial charge in [0, 0.05) is 13.1 Å². The Balaban J connectivity index is 2.59. The average molecular weight is 260 g/mol. The highest BCUT2D eigenvalue weighted by molar-refractivity contribution is 7.89. The number of furan rings is 1. The molecule has 1 aromatic heterocycles. The van der Waals surface area contributed by atoms with E-state index in [2.05, 4.69) is 5.32 Å². The van der Waals surface area contributed by atoms with Crippen molar-refractivity contribution in [3.05, 3.63) is 24.2 Å². The summed E-state index contributed by atoms with van der Waals surface area (Å²) < 4.78 is 30.6. The van der Waals surface area contributed by atoms with Crippen LogP contribution in [0.1, 0.15) is 19.6 Å². The van der Waals surface area contributed by atoms with Gasteiger partial charge in [0.2, 0.25) is 10.0 Å². The van der Waals surface area contributed by atoms with Gasteiger partial charge in [-0.05, 0) is 18.7 Å². The van der Waals surface area contributed by atoms with Gasteiger partial charge in [-0.3, -0.25) is 0 Å². The Morgan fingerprint density at radius 3 is 2.71 bits per heavy atom. The molecule has 0 unspecified atom stereocenters. The highest BCUT2D eigenvalue weighted by Gasteiger charge is 2.20. The molecule has 0 aromatic carbocycles. The molecule has 0 atom stereocenters. The summed E-state index contributed by atoms with van der Waals surface area (Å²) in [6, 6.07) is 3.54. The minimum atomic E-state index is -3.21. The van der Waals surface area contributed by atoms with Crippen molar-refractivity contribution in [3.63, 3.8) is 0 Å². The van der Waals surface area contributed by atoms with Crippen LogP contribution in [-0.2, 0) is 16.6 Å². The third-order valence-corrected chi connectivity index (χ3v) is 4.34. The first-order valence-corrected chi connectivity index (χ1v) is 7.42. The van der Waals surface area contributed by atoms with E-state index in [4.69, 9.17) is 4.42 Å². The highest BCUT2D eigenvalue weighted by Crippen LogP contribution is 2.09. The summed E-state index contributed by atoms with van der Waals surface area (Å²) in [4.78, 5) is 0. The molecule has 6 heteroatoms. The van der Waals surface area contributed by atoms with Crippen molar-refractivity contribution in [3.8, 4) is 0 Å². The average Bonchev–Trinajstić information content (AvgIpc) is 2.78. The molecule has 0 aliphatic rings. The zero-order chi connectivity index (χ0) is 12.7. The molecule has 1 aromatic rings. The van der Waals surface area contributed by atoms with Crippen molar-refractivity contribution < 1.29 is 12.8 Å². The van der Waals surface area contributed by atoms with Crippen LogP contribution in [0.25, 0.3) is 0 Å². The van der Waals surface area contributed by atoms with Gasteiger partial charge >= 0.3 is 0 Å². The van der Waals surface area contributed by atoms with Gasteiger partial charge in [0.1, 0.15) is 5.76 Å². The lowest BCUT2D eigenvalue weighted by molar-refractivity contribution is 0.375. The minimum absolute atomic E-state index is 0.120. The Hall–Kier alpha value is -0.850. The van der Waals surface area contributed by atoms with Crippen molar-refractivity contribution >= 4 is 10.0 Å². The van der Waals surface area contributed by atoms with Crippen molar-refractivity contribution in [2.45, 2.75) is 20.4 Å². The Labute approximate surface area is 103 Å². The second-order valence-electron chi connectivity index (χ2n) is 3.68. The first kappa shape index (κ1) is 14.2. The number of hydrogen-bond acceptors (Lipinski definition) is 4. The summed E-state index contributed by atoms with van der Waals surface area (Å²) in [5.74, 6) is 0.786. The largest absolute Gasteiger partial charge is 0.468 e. The van der Waals surface area contributed by atoms with Crippen LogP contribution in [0.4, 0.5) is 0 Å². The Morgan fingerprint density at radius 2 is 2.18 bits per heavy atom. The molecular formula is C11H20N2O3S. The van der Waals surface area contributed by atoms with E-state index < -0.39 is 10.0 Å². The van der Waals surface area contributed by atoms with E-state index in [1.54, 1.807) is 18.4 Å². The van der Waals surface area contributed by atoms with Gasteiger partial charge in [-0.1, -0.05) is 13.8 Å².